The molecular weight excluding hydrogens is 292 g/mol. The molecular formula is C14H21ClN4O2. The first kappa shape index (κ1) is 17.3. The van der Waals surface area contributed by atoms with Crippen LogP contribution in [0.15, 0.2) is 34.7 Å². The summed E-state index contributed by atoms with van der Waals surface area (Å²) in [6, 6.07) is 10.3. The van der Waals surface area contributed by atoms with E-state index in [4.69, 9.17) is 9.15 Å². The van der Waals surface area contributed by atoms with E-state index >= 15 is 0 Å². The lowest BCUT2D eigenvalue weighted by Gasteiger charge is -2.13. The van der Waals surface area contributed by atoms with Crippen molar-refractivity contribution in [2.24, 2.45) is 0 Å². The third-order valence-corrected chi connectivity index (χ3v) is 2.76. The van der Waals surface area contributed by atoms with Gasteiger partial charge in [-0.3, -0.25) is 0 Å². The van der Waals surface area contributed by atoms with Crippen LogP contribution in [0.3, 0.4) is 0 Å². The van der Waals surface area contributed by atoms with Gasteiger partial charge in [0.1, 0.15) is 5.75 Å². The van der Waals surface area contributed by atoms with Crippen molar-refractivity contribution in [3.8, 4) is 5.75 Å². The highest BCUT2D eigenvalue weighted by Crippen LogP contribution is 2.11. The van der Waals surface area contributed by atoms with E-state index in [1.54, 1.807) is 0 Å². The van der Waals surface area contributed by atoms with E-state index < -0.39 is 0 Å². The van der Waals surface area contributed by atoms with Crippen LogP contribution in [0.2, 0.25) is 0 Å². The van der Waals surface area contributed by atoms with Crippen LogP contribution < -0.4 is 15.0 Å². The number of ether oxygens (including phenoxy) is 1. The van der Waals surface area contributed by atoms with E-state index in [-0.39, 0.29) is 12.4 Å². The first-order valence-corrected chi connectivity index (χ1v) is 6.65. The fourth-order valence-electron chi connectivity index (χ4n) is 1.73. The maximum absolute atomic E-state index is 5.63. The quantitative estimate of drug-likeness (QED) is 0.753. The third kappa shape index (κ3) is 5.61. The molecule has 7 heteroatoms. The van der Waals surface area contributed by atoms with Crippen LogP contribution in [0, 0.1) is 0 Å². The summed E-state index contributed by atoms with van der Waals surface area (Å²) in [5.41, 5.74) is 0. The van der Waals surface area contributed by atoms with E-state index in [1.807, 2.05) is 49.3 Å². The number of nitrogens with zero attached hydrogens (tertiary/aromatic N) is 3. The third-order valence-electron chi connectivity index (χ3n) is 2.76. The van der Waals surface area contributed by atoms with Gasteiger partial charge in [0.15, 0.2) is 0 Å². The summed E-state index contributed by atoms with van der Waals surface area (Å²) in [5, 5.41) is 10.9. The molecule has 0 saturated carbocycles. The second-order valence-electron chi connectivity index (χ2n) is 4.45. The lowest BCUT2D eigenvalue weighted by molar-refractivity contribution is 0.311. The van der Waals surface area contributed by atoms with Crippen molar-refractivity contribution in [2.75, 3.05) is 32.1 Å². The molecule has 1 heterocycles. The van der Waals surface area contributed by atoms with Crippen LogP contribution in [-0.4, -0.2) is 37.4 Å². The number of hydrogen-bond donors (Lipinski definition) is 1. The van der Waals surface area contributed by atoms with Crippen LogP contribution in [0.1, 0.15) is 12.3 Å². The highest BCUT2D eigenvalue weighted by atomic mass is 35.5. The lowest BCUT2D eigenvalue weighted by atomic mass is 10.3. The fraction of sp³-hybridized carbons (Fsp3) is 0.429. The van der Waals surface area contributed by atoms with Gasteiger partial charge in [-0.05, 0) is 25.6 Å². The highest BCUT2D eigenvalue weighted by molar-refractivity contribution is 5.85. The summed E-state index contributed by atoms with van der Waals surface area (Å²) in [6.45, 7) is 2.04. The van der Waals surface area contributed by atoms with Crippen molar-refractivity contribution in [1.82, 2.24) is 15.5 Å². The molecule has 21 heavy (non-hydrogen) atoms. The predicted octanol–water partition coefficient (Wildman–Crippen LogP) is 2.12. The Morgan fingerprint density at radius 2 is 2.00 bits per heavy atom. The summed E-state index contributed by atoms with van der Waals surface area (Å²) >= 11 is 0. The first-order valence-electron chi connectivity index (χ1n) is 6.65. The molecule has 0 unspecified atom stereocenters. The molecule has 0 aliphatic carbocycles. The van der Waals surface area contributed by atoms with Crippen molar-refractivity contribution in [3.05, 3.63) is 36.2 Å². The van der Waals surface area contributed by atoms with Gasteiger partial charge in [0.2, 0.25) is 5.89 Å². The Morgan fingerprint density at radius 3 is 2.71 bits per heavy atom. The second kappa shape index (κ2) is 9.20. The summed E-state index contributed by atoms with van der Waals surface area (Å²) in [6.07, 6.45) is 0.884. The van der Waals surface area contributed by atoms with Gasteiger partial charge in [-0.25, -0.2) is 0 Å². The number of halogens is 1. The summed E-state index contributed by atoms with van der Waals surface area (Å²) in [5.74, 6) is 1.49. The smallest absolute Gasteiger partial charge is 0.317 e. The minimum Gasteiger partial charge on any atom is -0.494 e. The molecule has 1 aromatic carbocycles. The first-order chi connectivity index (χ1) is 9.79. The molecule has 6 nitrogen and oxygen atoms in total. The number of rotatable bonds is 8. The Kier molecular flexibility index (Phi) is 7.56. The Balaban J connectivity index is 0.00000220. The van der Waals surface area contributed by atoms with Crippen LogP contribution in [0.25, 0.3) is 0 Å². The van der Waals surface area contributed by atoms with Gasteiger partial charge in [-0.15, -0.1) is 17.5 Å². The topological polar surface area (TPSA) is 63.4 Å². The molecule has 0 bridgehead atoms. The largest absolute Gasteiger partial charge is 0.494 e. The lowest BCUT2D eigenvalue weighted by Crippen LogP contribution is -2.20. The number of aromatic nitrogens is 2. The number of nitrogens with one attached hydrogen (secondary N) is 1. The number of para-hydroxylation sites is 1. The Labute approximate surface area is 130 Å². The Morgan fingerprint density at radius 1 is 1.24 bits per heavy atom. The van der Waals surface area contributed by atoms with Crippen molar-refractivity contribution in [2.45, 2.75) is 13.0 Å². The van der Waals surface area contributed by atoms with E-state index in [2.05, 4.69) is 15.5 Å². The average molecular weight is 313 g/mol. The van der Waals surface area contributed by atoms with Gasteiger partial charge < -0.3 is 19.4 Å². The monoisotopic (exact) mass is 312 g/mol. The van der Waals surface area contributed by atoms with Gasteiger partial charge >= 0.3 is 6.01 Å². The molecule has 0 radical (unpaired) electrons. The van der Waals surface area contributed by atoms with Crippen molar-refractivity contribution < 1.29 is 9.15 Å². The molecule has 0 saturated heterocycles. The van der Waals surface area contributed by atoms with Crippen molar-refractivity contribution in [1.29, 1.82) is 0 Å². The number of hydrogen-bond acceptors (Lipinski definition) is 6. The van der Waals surface area contributed by atoms with Crippen LogP contribution in [0.5, 0.6) is 5.75 Å². The predicted molar refractivity (Wildman–Crippen MR) is 84.1 cm³/mol. The molecule has 1 N–H and O–H groups in total. The minimum absolute atomic E-state index is 0. The fourth-order valence-corrected chi connectivity index (χ4v) is 1.73. The maximum Gasteiger partial charge on any atom is 0.317 e. The van der Waals surface area contributed by atoms with Gasteiger partial charge in [0.05, 0.1) is 13.2 Å². The Bertz CT molecular complexity index is 507. The molecule has 0 aliphatic heterocycles. The molecule has 0 spiro atoms. The minimum atomic E-state index is 0. The zero-order valence-electron chi connectivity index (χ0n) is 12.3. The molecule has 0 amide bonds. The zero-order chi connectivity index (χ0) is 14.2. The van der Waals surface area contributed by atoms with Crippen LogP contribution in [-0.2, 0) is 6.54 Å². The summed E-state index contributed by atoms with van der Waals surface area (Å²) in [7, 11) is 3.77. The highest BCUT2D eigenvalue weighted by Gasteiger charge is 2.09. The van der Waals surface area contributed by atoms with Crippen molar-refractivity contribution in [3.63, 3.8) is 0 Å². The molecule has 2 aromatic rings. The van der Waals surface area contributed by atoms with Gasteiger partial charge in [0.25, 0.3) is 0 Å². The standard InChI is InChI=1S/C14H20N4O2.ClH/c1-15-11-13-16-17-14(20-13)18(2)9-6-10-19-12-7-4-3-5-8-12;/h3-5,7-8,15H,6,9-11H2,1-2H3;1H. The van der Waals surface area contributed by atoms with E-state index in [9.17, 15) is 0 Å². The van der Waals surface area contributed by atoms with Crippen LogP contribution >= 0.6 is 12.4 Å². The van der Waals surface area contributed by atoms with Gasteiger partial charge in [0, 0.05) is 13.6 Å². The molecule has 0 fully saturated rings. The maximum atomic E-state index is 5.63. The molecule has 0 aliphatic rings. The van der Waals surface area contributed by atoms with Gasteiger partial charge in [-0.2, -0.15) is 0 Å². The molecule has 116 valence electrons. The zero-order valence-corrected chi connectivity index (χ0v) is 13.1. The summed E-state index contributed by atoms with van der Waals surface area (Å²) in [4.78, 5) is 1.93. The van der Waals surface area contributed by atoms with Gasteiger partial charge in [-0.1, -0.05) is 23.3 Å². The van der Waals surface area contributed by atoms with E-state index in [0.29, 0.717) is 25.1 Å². The molecule has 0 atom stereocenters. The average Bonchev–Trinajstić information content (AvgIpc) is 2.94. The molecule has 2 rings (SSSR count). The summed E-state index contributed by atoms with van der Waals surface area (Å²) < 4.78 is 11.1. The number of anilines is 1. The van der Waals surface area contributed by atoms with Crippen LogP contribution in [0.4, 0.5) is 6.01 Å². The normalized spacial score (nSPS) is 10.0. The Hall–Kier alpha value is -1.79. The SMILES string of the molecule is CNCc1nnc(N(C)CCCOc2ccccc2)o1.Cl. The second-order valence-corrected chi connectivity index (χ2v) is 4.45. The molecule has 1 aromatic heterocycles. The number of benzene rings is 1. The van der Waals surface area contributed by atoms with E-state index in [1.165, 1.54) is 0 Å². The van der Waals surface area contributed by atoms with E-state index in [0.717, 1.165) is 18.7 Å². The van der Waals surface area contributed by atoms with Crippen molar-refractivity contribution >= 4 is 18.4 Å².